The van der Waals surface area contributed by atoms with Gasteiger partial charge in [0, 0.05) is 12.1 Å². The highest BCUT2D eigenvalue weighted by Crippen LogP contribution is 2.22. The molecule has 0 saturated heterocycles. The summed E-state index contributed by atoms with van der Waals surface area (Å²) in [7, 11) is 0. The molecule has 2 saturated carbocycles. The van der Waals surface area contributed by atoms with Gasteiger partial charge in [0.15, 0.2) is 0 Å². The molecule has 2 fully saturated rings. The van der Waals surface area contributed by atoms with Gasteiger partial charge in [0.1, 0.15) is 0 Å². The minimum Gasteiger partial charge on any atom is -0.328 e. The third kappa shape index (κ3) is 8.10. The van der Waals surface area contributed by atoms with Crippen molar-refractivity contribution in [2.75, 3.05) is 0 Å². The Morgan fingerprint density at radius 1 is 0.778 bits per heavy atom. The topological polar surface area (TPSA) is 52.0 Å². The van der Waals surface area contributed by atoms with Crippen molar-refractivity contribution in [3.05, 3.63) is 0 Å². The van der Waals surface area contributed by atoms with Crippen molar-refractivity contribution in [2.24, 2.45) is 23.3 Å². The molecule has 0 spiro atoms. The van der Waals surface area contributed by atoms with E-state index in [4.69, 9.17) is 11.5 Å². The highest BCUT2D eigenvalue weighted by molar-refractivity contribution is 4.73. The third-order valence-electron chi connectivity index (χ3n) is 4.15. The number of rotatable bonds is 0. The molecule has 2 aliphatic carbocycles. The SMILES string of the molecule is CC.CC1CCCC(N)C1.CC1CCCCC1N. The Bertz CT molecular complexity index is 164. The molecular weight excluding hydrogens is 220 g/mol. The van der Waals surface area contributed by atoms with Crippen LogP contribution in [0, 0.1) is 11.8 Å². The zero-order valence-electron chi connectivity index (χ0n) is 13.1. The smallest absolute Gasteiger partial charge is 0.00645 e. The van der Waals surface area contributed by atoms with Crippen LogP contribution < -0.4 is 11.5 Å². The predicted octanol–water partition coefficient (Wildman–Crippen LogP) is 4.07. The molecule has 0 aromatic rings. The zero-order chi connectivity index (χ0) is 14.0. The van der Waals surface area contributed by atoms with Crippen LogP contribution >= 0.6 is 0 Å². The van der Waals surface area contributed by atoms with E-state index in [1.807, 2.05) is 13.8 Å². The van der Waals surface area contributed by atoms with Gasteiger partial charge in [-0.25, -0.2) is 0 Å². The average molecular weight is 256 g/mol. The molecule has 0 radical (unpaired) electrons. The van der Waals surface area contributed by atoms with E-state index in [9.17, 15) is 0 Å². The second-order valence-electron chi connectivity index (χ2n) is 5.96. The van der Waals surface area contributed by atoms with Gasteiger partial charge in [-0.3, -0.25) is 0 Å². The first-order valence-corrected chi connectivity index (χ1v) is 8.10. The fraction of sp³-hybridized carbons (Fsp3) is 1.00. The molecule has 18 heavy (non-hydrogen) atoms. The van der Waals surface area contributed by atoms with Crippen molar-refractivity contribution in [2.45, 2.75) is 91.1 Å². The van der Waals surface area contributed by atoms with Crippen LogP contribution in [0.4, 0.5) is 0 Å². The highest BCUT2D eigenvalue weighted by Gasteiger charge is 2.16. The Balaban J connectivity index is 0.000000283. The second-order valence-corrected chi connectivity index (χ2v) is 5.96. The summed E-state index contributed by atoms with van der Waals surface area (Å²) >= 11 is 0. The van der Waals surface area contributed by atoms with Gasteiger partial charge in [-0.1, -0.05) is 53.4 Å². The van der Waals surface area contributed by atoms with Crippen LogP contribution in [0.2, 0.25) is 0 Å². The highest BCUT2D eigenvalue weighted by atomic mass is 14.6. The molecule has 110 valence electrons. The molecule has 0 heterocycles. The summed E-state index contributed by atoms with van der Waals surface area (Å²) in [4.78, 5) is 0. The van der Waals surface area contributed by atoms with Crippen LogP contribution in [0.3, 0.4) is 0 Å². The van der Waals surface area contributed by atoms with Gasteiger partial charge in [0.25, 0.3) is 0 Å². The maximum atomic E-state index is 5.78. The fourth-order valence-corrected chi connectivity index (χ4v) is 2.83. The van der Waals surface area contributed by atoms with Crippen molar-refractivity contribution >= 4 is 0 Å². The lowest BCUT2D eigenvalue weighted by molar-refractivity contribution is 0.331. The molecule has 2 nitrogen and oxygen atoms in total. The van der Waals surface area contributed by atoms with Crippen LogP contribution in [0.25, 0.3) is 0 Å². The van der Waals surface area contributed by atoms with Gasteiger partial charge in [-0.2, -0.15) is 0 Å². The second kappa shape index (κ2) is 10.8. The van der Waals surface area contributed by atoms with Crippen molar-refractivity contribution in [1.82, 2.24) is 0 Å². The van der Waals surface area contributed by atoms with E-state index in [2.05, 4.69) is 13.8 Å². The average Bonchev–Trinajstić information content (AvgIpc) is 2.36. The first-order valence-electron chi connectivity index (χ1n) is 8.10. The lowest BCUT2D eigenvalue weighted by atomic mass is 9.87. The third-order valence-corrected chi connectivity index (χ3v) is 4.15. The summed E-state index contributed by atoms with van der Waals surface area (Å²) in [5.74, 6) is 1.67. The van der Waals surface area contributed by atoms with Gasteiger partial charge in [0.05, 0.1) is 0 Å². The van der Waals surface area contributed by atoms with Crippen molar-refractivity contribution in [1.29, 1.82) is 0 Å². The van der Waals surface area contributed by atoms with Gasteiger partial charge in [-0.05, 0) is 37.5 Å². The Morgan fingerprint density at radius 2 is 1.39 bits per heavy atom. The van der Waals surface area contributed by atoms with Crippen LogP contribution in [0.15, 0.2) is 0 Å². The standard InChI is InChI=1S/2C7H15N.C2H6/c1-6-3-2-4-7(8)5-6;1-6-4-2-3-5-7(6)8;1-2/h2*6-7H,2-5,8H2,1H3;1-2H3. The quantitative estimate of drug-likeness (QED) is 0.686. The van der Waals surface area contributed by atoms with E-state index in [0.717, 1.165) is 11.8 Å². The summed E-state index contributed by atoms with van der Waals surface area (Å²) in [6.07, 6.45) is 10.6. The van der Waals surface area contributed by atoms with Crippen molar-refractivity contribution in [3.8, 4) is 0 Å². The summed E-state index contributed by atoms with van der Waals surface area (Å²) in [6.45, 7) is 8.54. The summed E-state index contributed by atoms with van der Waals surface area (Å²) < 4.78 is 0. The normalized spacial score (nSPS) is 35.7. The van der Waals surface area contributed by atoms with E-state index in [1.165, 1.54) is 51.4 Å². The van der Waals surface area contributed by atoms with Gasteiger partial charge < -0.3 is 11.5 Å². The lowest BCUT2D eigenvalue weighted by Crippen LogP contribution is -2.30. The predicted molar refractivity (Wildman–Crippen MR) is 82.6 cm³/mol. The van der Waals surface area contributed by atoms with E-state index in [1.54, 1.807) is 0 Å². The maximum Gasteiger partial charge on any atom is 0.00645 e. The molecule has 2 heteroatoms. The Morgan fingerprint density at radius 3 is 1.72 bits per heavy atom. The number of hydrogen-bond donors (Lipinski definition) is 2. The first kappa shape index (κ1) is 17.9. The van der Waals surface area contributed by atoms with E-state index < -0.39 is 0 Å². The van der Waals surface area contributed by atoms with Gasteiger partial charge >= 0.3 is 0 Å². The fourth-order valence-electron chi connectivity index (χ4n) is 2.83. The molecule has 4 atom stereocenters. The van der Waals surface area contributed by atoms with Gasteiger partial charge in [-0.15, -0.1) is 0 Å². The van der Waals surface area contributed by atoms with Gasteiger partial charge in [0.2, 0.25) is 0 Å². The number of hydrogen-bond acceptors (Lipinski definition) is 2. The van der Waals surface area contributed by atoms with E-state index >= 15 is 0 Å². The molecule has 4 unspecified atom stereocenters. The molecule has 2 aliphatic rings. The zero-order valence-corrected chi connectivity index (χ0v) is 13.1. The van der Waals surface area contributed by atoms with Crippen molar-refractivity contribution < 1.29 is 0 Å². The molecule has 0 amide bonds. The minimum absolute atomic E-state index is 0.503. The van der Waals surface area contributed by atoms with E-state index in [-0.39, 0.29) is 0 Å². The Hall–Kier alpha value is -0.0800. The first-order chi connectivity index (χ1) is 8.59. The monoisotopic (exact) mass is 256 g/mol. The minimum atomic E-state index is 0.503. The summed E-state index contributed by atoms with van der Waals surface area (Å²) in [6, 6.07) is 1.02. The van der Waals surface area contributed by atoms with Crippen molar-refractivity contribution in [3.63, 3.8) is 0 Å². The molecule has 0 aromatic heterocycles. The molecule has 0 aliphatic heterocycles. The summed E-state index contributed by atoms with van der Waals surface area (Å²) in [5.41, 5.74) is 11.5. The van der Waals surface area contributed by atoms with Crippen LogP contribution in [0.1, 0.15) is 79.1 Å². The summed E-state index contributed by atoms with van der Waals surface area (Å²) in [5, 5.41) is 0. The lowest BCUT2D eigenvalue weighted by Gasteiger charge is -2.24. The van der Waals surface area contributed by atoms with Crippen LogP contribution in [-0.4, -0.2) is 12.1 Å². The van der Waals surface area contributed by atoms with E-state index in [0.29, 0.717) is 12.1 Å². The molecule has 2 rings (SSSR count). The molecule has 0 bridgehead atoms. The Labute approximate surface area is 115 Å². The molecule has 4 N–H and O–H groups in total. The molecular formula is C16H36N2. The van der Waals surface area contributed by atoms with Crippen LogP contribution in [0.5, 0.6) is 0 Å². The largest absolute Gasteiger partial charge is 0.328 e. The number of nitrogens with two attached hydrogens (primary N) is 2. The molecule has 0 aromatic carbocycles. The maximum absolute atomic E-state index is 5.78. The van der Waals surface area contributed by atoms with Crippen LogP contribution in [-0.2, 0) is 0 Å². The Kier molecular flexibility index (Phi) is 10.8.